The third-order valence-corrected chi connectivity index (χ3v) is 6.49. The lowest BCUT2D eigenvalue weighted by Gasteiger charge is -2.31. The van der Waals surface area contributed by atoms with Gasteiger partial charge in [0.25, 0.3) is 0 Å². The number of aromatic nitrogens is 3. The van der Waals surface area contributed by atoms with E-state index in [4.69, 9.17) is 9.97 Å². The zero-order chi connectivity index (χ0) is 18.6. The minimum atomic E-state index is 0.774. The van der Waals surface area contributed by atoms with Crippen molar-refractivity contribution in [1.29, 1.82) is 0 Å². The SMILES string of the molecule is CCCc1cc2c(NCc3cccs3)nc(N3CCN(I)CC3)nc2cn1. The Morgan fingerprint density at radius 2 is 2.07 bits per heavy atom. The lowest BCUT2D eigenvalue weighted by Crippen LogP contribution is -2.43. The normalized spacial score (nSPS) is 15.4. The van der Waals surface area contributed by atoms with Gasteiger partial charge in [-0.05, 0) is 23.9 Å². The van der Waals surface area contributed by atoms with Crippen LogP contribution in [0.4, 0.5) is 11.8 Å². The van der Waals surface area contributed by atoms with Crippen LogP contribution in [0.1, 0.15) is 23.9 Å². The number of fused-ring (bicyclic) bond motifs is 1. The summed E-state index contributed by atoms with van der Waals surface area (Å²) in [6.07, 6.45) is 3.95. The molecule has 0 atom stereocenters. The molecule has 0 aliphatic carbocycles. The summed E-state index contributed by atoms with van der Waals surface area (Å²) >= 11 is 4.14. The van der Waals surface area contributed by atoms with E-state index in [-0.39, 0.29) is 0 Å². The lowest BCUT2D eigenvalue weighted by atomic mass is 10.2. The summed E-state index contributed by atoms with van der Waals surface area (Å²) < 4.78 is 2.31. The van der Waals surface area contributed by atoms with Crippen LogP contribution >= 0.6 is 34.2 Å². The molecule has 0 amide bonds. The summed E-state index contributed by atoms with van der Waals surface area (Å²) in [5, 5.41) is 6.70. The first kappa shape index (κ1) is 18.8. The second-order valence-corrected chi connectivity index (χ2v) is 9.04. The molecule has 142 valence electrons. The fourth-order valence-electron chi connectivity index (χ4n) is 3.20. The van der Waals surface area contributed by atoms with Crippen LogP contribution in [0.25, 0.3) is 10.9 Å². The molecule has 1 aliphatic heterocycles. The molecule has 0 aromatic carbocycles. The standard InChI is InChI=1S/C19H23IN6S/c1-2-4-14-11-16-17(13-21-14)23-19(25-6-8-26(20)9-7-25)24-18(16)22-12-15-5-3-10-27-15/h3,5,10-11,13H,2,4,6-9,12H2,1H3,(H,22,23,24). The summed E-state index contributed by atoms with van der Waals surface area (Å²) in [6, 6.07) is 6.37. The number of pyridine rings is 1. The van der Waals surface area contributed by atoms with Crippen LogP contribution in [-0.2, 0) is 13.0 Å². The molecule has 1 saturated heterocycles. The Balaban J connectivity index is 1.68. The Hall–Kier alpha value is -1.52. The monoisotopic (exact) mass is 494 g/mol. The van der Waals surface area contributed by atoms with E-state index >= 15 is 0 Å². The first-order valence-corrected chi connectivity index (χ1v) is 11.2. The van der Waals surface area contributed by atoms with Gasteiger partial charge in [0.1, 0.15) is 5.82 Å². The number of thiophene rings is 1. The second kappa shape index (κ2) is 8.66. The molecule has 0 unspecified atom stereocenters. The highest BCUT2D eigenvalue weighted by Gasteiger charge is 2.19. The Labute approximate surface area is 177 Å². The maximum atomic E-state index is 4.91. The van der Waals surface area contributed by atoms with E-state index in [1.807, 2.05) is 6.20 Å². The van der Waals surface area contributed by atoms with E-state index in [1.165, 1.54) is 4.88 Å². The van der Waals surface area contributed by atoms with Gasteiger partial charge in [-0.15, -0.1) is 11.3 Å². The quantitative estimate of drug-likeness (QED) is 0.411. The molecule has 6 nitrogen and oxygen atoms in total. The van der Waals surface area contributed by atoms with E-state index in [1.54, 1.807) is 11.3 Å². The average Bonchev–Trinajstić information content (AvgIpc) is 3.20. The molecule has 1 aliphatic rings. The smallest absolute Gasteiger partial charge is 0.228 e. The van der Waals surface area contributed by atoms with Crippen molar-refractivity contribution in [3.05, 3.63) is 40.3 Å². The minimum Gasteiger partial charge on any atom is -0.364 e. The highest BCUT2D eigenvalue weighted by Crippen LogP contribution is 2.26. The number of nitrogens with one attached hydrogen (secondary N) is 1. The maximum absolute atomic E-state index is 4.91. The van der Waals surface area contributed by atoms with Crippen molar-refractivity contribution in [3.63, 3.8) is 0 Å². The zero-order valence-corrected chi connectivity index (χ0v) is 18.3. The number of rotatable bonds is 6. The number of halogens is 1. The van der Waals surface area contributed by atoms with Crippen LogP contribution in [0.15, 0.2) is 29.8 Å². The Morgan fingerprint density at radius 1 is 1.22 bits per heavy atom. The molecule has 1 fully saturated rings. The molecule has 4 rings (SSSR count). The first-order valence-electron chi connectivity index (χ1n) is 9.31. The molecular formula is C19H23IN6S. The molecular weight excluding hydrogens is 471 g/mol. The van der Waals surface area contributed by atoms with Crippen LogP contribution in [0.2, 0.25) is 0 Å². The first-order chi connectivity index (χ1) is 13.2. The summed E-state index contributed by atoms with van der Waals surface area (Å²) in [7, 11) is 0. The average molecular weight is 494 g/mol. The van der Waals surface area contributed by atoms with Crippen molar-refractivity contribution in [2.45, 2.75) is 26.3 Å². The number of anilines is 2. The van der Waals surface area contributed by atoms with E-state index in [0.29, 0.717) is 0 Å². The van der Waals surface area contributed by atoms with Crippen molar-refractivity contribution < 1.29 is 0 Å². The van der Waals surface area contributed by atoms with Gasteiger partial charge >= 0.3 is 0 Å². The number of hydrogen-bond acceptors (Lipinski definition) is 7. The molecule has 0 radical (unpaired) electrons. The van der Waals surface area contributed by atoms with Gasteiger partial charge in [0.2, 0.25) is 5.95 Å². The van der Waals surface area contributed by atoms with E-state index < -0.39 is 0 Å². The van der Waals surface area contributed by atoms with Gasteiger partial charge in [0, 0.05) is 65.0 Å². The lowest BCUT2D eigenvalue weighted by molar-refractivity contribution is 0.456. The van der Waals surface area contributed by atoms with Crippen molar-refractivity contribution >= 4 is 56.9 Å². The number of piperazine rings is 1. The largest absolute Gasteiger partial charge is 0.364 e. The van der Waals surface area contributed by atoms with Crippen molar-refractivity contribution in [3.8, 4) is 0 Å². The van der Waals surface area contributed by atoms with Crippen molar-refractivity contribution in [2.24, 2.45) is 0 Å². The number of nitrogens with zero attached hydrogens (tertiary/aromatic N) is 5. The predicted molar refractivity (Wildman–Crippen MR) is 121 cm³/mol. The topological polar surface area (TPSA) is 57.2 Å². The molecule has 1 N–H and O–H groups in total. The van der Waals surface area contributed by atoms with Gasteiger partial charge in [-0.25, -0.2) is 8.10 Å². The van der Waals surface area contributed by atoms with Crippen molar-refractivity contribution in [2.75, 3.05) is 36.4 Å². The van der Waals surface area contributed by atoms with Crippen LogP contribution in [0.3, 0.4) is 0 Å². The van der Waals surface area contributed by atoms with Gasteiger partial charge in [0.15, 0.2) is 0 Å². The fraction of sp³-hybridized carbons (Fsp3) is 0.421. The summed E-state index contributed by atoms with van der Waals surface area (Å²) in [5.74, 6) is 1.70. The zero-order valence-electron chi connectivity index (χ0n) is 15.4. The van der Waals surface area contributed by atoms with Crippen LogP contribution in [0.5, 0.6) is 0 Å². The number of aryl methyl sites for hydroxylation is 1. The number of hydrogen-bond donors (Lipinski definition) is 1. The van der Waals surface area contributed by atoms with Crippen LogP contribution in [-0.4, -0.2) is 44.2 Å². The molecule has 4 heterocycles. The van der Waals surface area contributed by atoms with Gasteiger partial charge in [-0.3, -0.25) is 4.98 Å². The Kier molecular flexibility index (Phi) is 6.04. The maximum Gasteiger partial charge on any atom is 0.228 e. The summed E-state index contributed by atoms with van der Waals surface area (Å²) in [5.41, 5.74) is 2.00. The fourth-order valence-corrected chi connectivity index (χ4v) is 4.27. The molecule has 0 bridgehead atoms. The third kappa shape index (κ3) is 4.49. The molecule has 3 aromatic rings. The van der Waals surface area contributed by atoms with E-state index in [0.717, 1.165) is 73.9 Å². The highest BCUT2D eigenvalue weighted by molar-refractivity contribution is 14.1. The van der Waals surface area contributed by atoms with Gasteiger partial charge in [-0.1, -0.05) is 19.4 Å². The minimum absolute atomic E-state index is 0.774. The molecule has 3 aromatic heterocycles. The molecule has 0 saturated carbocycles. The Bertz CT molecular complexity index is 893. The third-order valence-electron chi connectivity index (χ3n) is 4.65. The van der Waals surface area contributed by atoms with Crippen LogP contribution in [0, 0.1) is 0 Å². The highest BCUT2D eigenvalue weighted by atomic mass is 127. The van der Waals surface area contributed by atoms with E-state index in [2.05, 4.69) is 71.7 Å². The summed E-state index contributed by atoms with van der Waals surface area (Å²) in [6.45, 7) is 6.88. The van der Waals surface area contributed by atoms with Gasteiger partial charge < -0.3 is 10.2 Å². The van der Waals surface area contributed by atoms with Crippen LogP contribution < -0.4 is 10.2 Å². The molecule has 27 heavy (non-hydrogen) atoms. The van der Waals surface area contributed by atoms with Crippen molar-refractivity contribution in [1.82, 2.24) is 18.1 Å². The molecule has 0 spiro atoms. The van der Waals surface area contributed by atoms with Gasteiger partial charge in [-0.2, -0.15) is 4.98 Å². The van der Waals surface area contributed by atoms with E-state index in [9.17, 15) is 0 Å². The predicted octanol–water partition coefficient (Wildman–Crippen LogP) is 4.12. The summed E-state index contributed by atoms with van der Waals surface area (Å²) in [4.78, 5) is 17.9. The Morgan fingerprint density at radius 3 is 2.81 bits per heavy atom. The van der Waals surface area contributed by atoms with Gasteiger partial charge in [0.05, 0.1) is 18.3 Å². The molecule has 8 heteroatoms. The second-order valence-electron chi connectivity index (χ2n) is 6.64.